The summed E-state index contributed by atoms with van der Waals surface area (Å²) in [5, 5.41) is 3.12. The van der Waals surface area contributed by atoms with Gasteiger partial charge in [0.1, 0.15) is 5.54 Å². The normalized spacial score (nSPS) is 24.8. The minimum atomic E-state index is -1.11. The van der Waals surface area contributed by atoms with Gasteiger partial charge in [0, 0.05) is 5.69 Å². The molecule has 1 saturated heterocycles. The molecule has 0 aliphatic carbocycles. The van der Waals surface area contributed by atoms with Gasteiger partial charge in [-0.15, -0.1) is 0 Å². The number of carbonyl (C=O) groups excluding carboxylic acids is 2. The van der Waals surface area contributed by atoms with E-state index in [0.29, 0.717) is 16.3 Å². The lowest BCUT2D eigenvalue weighted by molar-refractivity contribution is -0.131. The van der Waals surface area contributed by atoms with Gasteiger partial charge < -0.3 is 11.1 Å². The van der Waals surface area contributed by atoms with E-state index in [1.165, 1.54) is 0 Å². The lowest BCUT2D eigenvalue weighted by atomic mass is 9.92. The maximum absolute atomic E-state index is 11.8. The van der Waals surface area contributed by atoms with Crippen LogP contribution in [0.25, 0.3) is 0 Å². The van der Waals surface area contributed by atoms with Gasteiger partial charge in [-0.2, -0.15) is 5.01 Å². The first-order valence-electron chi connectivity index (χ1n) is 4.72. The Morgan fingerprint density at radius 3 is 2.25 bits per heavy atom. The van der Waals surface area contributed by atoms with Gasteiger partial charge in [-0.3, -0.25) is 4.79 Å². The summed E-state index contributed by atoms with van der Waals surface area (Å²) in [7, 11) is 0. The quantitative estimate of drug-likeness (QED) is 0.266. The molecule has 1 atom stereocenters. The van der Waals surface area contributed by atoms with Crippen molar-refractivity contribution in [1.82, 2.24) is 10.3 Å². The molecule has 16 heavy (non-hydrogen) atoms. The van der Waals surface area contributed by atoms with Crippen molar-refractivity contribution in [3.63, 3.8) is 0 Å². The predicted molar refractivity (Wildman–Crippen MR) is 57.8 cm³/mol. The molecular formula is C10H12N4O2. The number of urea groups is 1. The number of hydrogen-bond acceptors (Lipinski definition) is 4. The van der Waals surface area contributed by atoms with Gasteiger partial charge in [-0.25, -0.2) is 10.6 Å². The van der Waals surface area contributed by atoms with E-state index in [9.17, 15) is 9.59 Å². The van der Waals surface area contributed by atoms with Crippen LogP contribution < -0.4 is 16.9 Å². The summed E-state index contributed by atoms with van der Waals surface area (Å²) in [5.41, 5.74) is 5.68. The summed E-state index contributed by atoms with van der Waals surface area (Å²) in [6.07, 6.45) is 0. The molecule has 1 aromatic carbocycles. The van der Waals surface area contributed by atoms with E-state index in [1.807, 2.05) is 0 Å². The fourth-order valence-corrected chi connectivity index (χ4v) is 1.67. The van der Waals surface area contributed by atoms with Crippen molar-refractivity contribution in [3.8, 4) is 0 Å². The van der Waals surface area contributed by atoms with Crippen LogP contribution in [-0.2, 0) is 10.3 Å². The number of carbonyl (C=O) groups is 2. The number of rotatable bonds is 1. The minimum Gasteiger partial charge on any atom is -0.399 e. The molecule has 0 aromatic heterocycles. The van der Waals surface area contributed by atoms with Crippen molar-refractivity contribution in [2.24, 2.45) is 5.84 Å². The second kappa shape index (κ2) is 3.21. The van der Waals surface area contributed by atoms with E-state index in [0.717, 1.165) is 0 Å². The molecule has 3 amide bonds. The smallest absolute Gasteiger partial charge is 0.339 e. The van der Waals surface area contributed by atoms with E-state index < -0.39 is 17.5 Å². The second-order valence-corrected chi connectivity index (χ2v) is 3.85. The number of benzene rings is 1. The fraction of sp³-hybridized carbons (Fsp3) is 0.200. The molecular weight excluding hydrogens is 208 g/mol. The van der Waals surface area contributed by atoms with E-state index in [-0.39, 0.29) is 0 Å². The van der Waals surface area contributed by atoms with Gasteiger partial charge >= 0.3 is 6.03 Å². The zero-order valence-electron chi connectivity index (χ0n) is 8.73. The largest absolute Gasteiger partial charge is 0.399 e. The predicted octanol–water partition coefficient (Wildman–Crippen LogP) is -0.0905. The number of hydrogen-bond donors (Lipinski definition) is 3. The Hall–Kier alpha value is -2.08. The third-order valence-corrected chi connectivity index (χ3v) is 2.71. The van der Waals surface area contributed by atoms with Crippen LogP contribution in [-0.4, -0.2) is 16.9 Å². The topological polar surface area (TPSA) is 101 Å². The van der Waals surface area contributed by atoms with Gasteiger partial charge in [-0.05, 0) is 24.6 Å². The molecule has 1 fully saturated rings. The molecule has 1 heterocycles. The highest BCUT2D eigenvalue weighted by atomic mass is 16.2. The molecule has 1 unspecified atom stereocenters. The molecule has 6 nitrogen and oxygen atoms in total. The Morgan fingerprint density at radius 1 is 1.25 bits per heavy atom. The number of imide groups is 1. The minimum absolute atomic E-state index is 0.484. The van der Waals surface area contributed by atoms with Gasteiger partial charge in [0.25, 0.3) is 5.91 Å². The Balaban J connectivity index is 2.44. The summed E-state index contributed by atoms with van der Waals surface area (Å²) in [5.74, 6) is 4.83. The number of nitrogens with one attached hydrogen (secondary N) is 1. The first kappa shape index (κ1) is 10.4. The van der Waals surface area contributed by atoms with Crippen molar-refractivity contribution in [2.75, 3.05) is 5.73 Å². The highest BCUT2D eigenvalue weighted by molar-refractivity contribution is 6.06. The van der Waals surface area contributed by atoms with E-state index in [1.54, 1.807) is 31.2 Å². The van der Waals surface area contributed by atoms with Gasteiger partial charge in [-0.1, -0.05) is 12.1 Å². The molecule has 1 aliphatic rings. The third kappa shape index (κ3) is 1.31. The lowest BCUT2D eigenvalue weighted by Crippen LogP contribution is -2.42. The third-order valence-electron chi connectivity index (χ3n) is 2.71. The number of nitrogen functional groups attached to an aromatic ring is 1. The Kier molecular flexibility index (Phi) is 2.09. The average Bonchev–Trinajstić information content (AvgIpc) is 2.45. The van der Waals surface area contributed by atoms with E-state index >= 15 is 0 Å². The van der Waals surface area contributed by atoms with Crippen molar-refractivity contribution in [1.29, 1.82) is 0 Å². The zero-order valence-corrected chi connectivity index (χ0v) is 8.73. The average molecular weight is 220 g/mol. The van der Waals surface area contributed by atoms with Crippen LogP contribution in [0, 0.1) is 0 Å². The molecule has 2 rings (SSSR count). The lowest BCUT2D eigenvalue weighted by Gasteiger charge is -2.21. The zero-order chi connectivity index (χ0) is 11.9. The molecule has 0 spiro atoms. The van der Waals surface area contributed by atoms with Crippen molar-refractivity contribution >= 4 is 17.6 Å². The molecule has 84 valence electrons. The number of hydrazine groups is 1. The number of nitrogens with two attached hydrogens (primary N) is 2. The van der Waals surface area contributed by atoms with Crippen LogP contribution in [0.5, 0.6) is 0 Å². The number of amides is 3. The van der Waals surface area contributed by atoms with Crippen LogP contribution in [0.4, 0.5) is 10.5 Å². The second-order valence-electron chi connectivity index (χ2n) is 3.85. The molecule has 1 aromatic rings. The van der Waals surface area contributed by atoms with E-state index in [4.69, 9.17) is 11.6 Å². The summed E-state index contributed by atoms with van der Waals surface area (Å²) in [6.45, 7) is 1.60. The summed E-state index contributed by atoms with van der Waals surface area (Å²) in [6, 6.07) is 6.10. The number of anilines is 1. The van der Waals surface area contributed by atoms with E-state index in [2.05, 4.69) is 5.32 Å². The van der Waals surface area contributed by atoms with Crippen molar-refractivity contribution in [2.45, 2.75) is 12.5 Å². The molecule has 0 radical (unpaired) electrons. The summed E-state index contributed by atoms with van der Waals surface area (Å²) < 4.78 is 0. The molecule has 5 N–H and O–H groups in total. The molecule has 0 saturated carbocycles. The van der Waals surface area contributed by atoms with Crippen molar-refractivity contribution < 1.29 is 9.59 Å². The van der Waals surface area contributed by atoms with Crippen LogP contribution in [0.3, 0.4) is 0 Å². The van der Waals surface area contributed by atoms with Crippen LogP contribution in [0.1, 0.15) is 12.5 Å². The fourth-order valence-electron chi connectivity index (χ4n) is 1.67. The molecule has 6 heteroatoms. The van der Waals surface area contributed by atoms with Gasteiger partial charge in [0.15, 0.2) is 0 Å². The Bertz CT molecular complexity index is 456. The standard InChI is InChI=1S/C10H12N4O2/c1-10(6-2-4-7(11)5-3-6)8(15)14(12)9(16)13-10/h2-5H,11-12H2,1H3,(H,13,16). The SMILES string of the molecule is CC1(c2ccc(N)cc2)NC(=O)N(N)C1=O. The maximum Gasteiger partial charge on any atom is 0.339 e. The summed E-state index contributed by atoms with van der Waals surface area (Å²) >= 11 is 0. The molecule has 0 bridgehead atoms. The van der Waals surface area contributed by atoms with Crippen LogP contribution in [0.2, 0.25) is 0 Å². The van der Waals surface area contributed by atoms with Gasteiger partial charge in [0.05, 0.1) is 0 Å². The number of nitrogens with zero attached hydrogens (tertiary/aromatic N) is 1. The monoisotopic (exact) mass is 220 g/mol. The van der Waals surface area contributed by atoms with Gasteiger partial charge in [0.2, 0.25) is 0 Å². The highest BCUT2D eigenvalue weighted by Crippen LogP contribution is 2.27. The first-order valence-corrected chi connectivity index (χ1v) is 4.72. The first-order chi connectivity index (χ1) is 7.45. The Morgan fingerprint density at radius 2 is 1.81 bits per heavy atom. The maximum atomic E-state index is 11.8. The van der Waals surface area contributed by atoms with Crippen LogP contribution >= 0.6 is 0 Å². The highest BCUT2D eigenvalue weighted by Gasteiger charge is 2.47. The van der Waals surface area contributed by atoms with Crippen molar-refractivity contribution in [3.05, 3.63) is 29.8 Å². The van der Waals surface area contributed by atoms with Crippen LogP contribution in [0.15, 0.2) is 24.3 Å². The molecule has 1 aliphatic heterocycles. The Labute approximate surface area is 92.2 Å². The summed E-state index contributed by atoms with van der Waals surface area (Å²) in [4.78, 5) is 23.1.